The van der Waals surface area contributed by atoms with Crippen LogP contribution in [-0.2, 0) is 6.54 Å². The summed E-state index contributed by atoms with van der Waals surface area (Å²) in [5.74, 6) is 1.52. The molecule has 0 unspecified atom stereocenters. The summed E-state index contributed by atoms with van der Waals surface area (Å²) in [6, 6.07) is 5.92. The van der Waals surface area contributed by atoms with Gasteiger partial charge < -0.3 is 20.5 Å². The van der Waals surface area contributed by atoms with Gasteiger partial charge in [0.1, 0.15) is 0 Å². The molecule has 1 rings (SSSR count). The maximum Gasteiger partial charge on any atom is 0.161 e. The van der Waals surface area contributed by atoms with Crippen molar-refractivity contribution in [3.05, 3.63) is 23.8 Å². The number of rotatable bonds is 7. The Kier molecular flexibility index (Phi) is 5.67. The normalized spacial score (nSPS) is 10.2. The molecule has 0 heterocycles. The Morgan fingerprint density at radius 2 is 1.94 bits per heavy atom. The molecule has 0 aliphatic carbocycles. The van der Waals surface area contributed by atoms with Gasteiger partial charge in [-0.1, -0.05) is 6.07 Å². The van der Waals surface area contributed by atoms with Gasteiger partial charge in [0.15, 0.2) is 11.5 Å². The molecule has 90 valence electrons. The first-order valence-electron chi connectivity index (χ1n) is 5.43. The predicted molar refractivity (Wildman–Crippen MR) is 64.9 cm³/mol. The molecule has 0 amide bonds. The first-order valence-corrected chi connectivity index (χ1v) is 5.43. The Labute approximate surface area is 96.7 Å². The molecule has 0 aromatic heterocycles. The largest absolute Gasteiger partial charge is 0.493 e. The van der Waals surface area contributed by atoms with Crippen molar-refractivity contribution in [2.45, 2.75) is 13.0 Å². The molecule has 1 aromatic rings. The van der Waals surface area contributed by atoms with Gasteiger partial charge in [-0.15, -0.1) is 0 Å². The molecular formula is C12H20N2O2. The van der Waals surface area contributed by atoms with Gasteiger partial charge in [-0.3, -0.25) is 0 Å². The molecule has 0 saturated heterocycles. The highest BCUT2D eigenvalue weighted by atomic mass is 16.5. The third kappa shape index (κ3) is 3.72. The number of nitrogens with two attached hydrogens (primary N) is 1. The Balaban J connectivity index is 2.54. The lowest BCUT2D eigenvalue weighted by molar-refractivity contribution is 0.354. The van der Waals surface area contributed by atoms with Crippen molar-refractivity contribution in [3.8, 4) is 11.5 Å². The molecule has 0 spiro atoms. The summed E-state index contributed by atoms with van der Waals surface area (Å²) in [7, 11) is 3.28. The minimum Gasteiger partial charge on any atom is -0.493 e. The topological polar surface area (TPSA) is 56.5 Å². The monoisotopic (exact) mass is 224 g/mol. The second-order valence-electron chi connectivity index (χ2n) is 3.51. The second kappa shape index (κ2) is 7.09. The summed E-state index contributed by atoms with van der Waals surface area (Å²) < 4.78 is 10.4. The Morgan fingerprint density at radius 1 is 1.19 bits per heavy atom. The van der Waals surface area contributed by atoms with Gasteiger partial charge in [0, 0.05) is 6.54 Å². The zero-order valence-corrected chi connectivity index (χ0v) is 9.95. The van der Waals surface area contributed by atoms with Gasteiger partial charge in [-0.2, -0.15) is 0 Å². The van der Waals surface area contributed by atoms with Crippen LogP contribution in [0.2, 0.25) is 0 Å². The lowest BCUT2D eigenvalue weighted by Crippen LogP contribution is -2.17. The standard InChI is InChI=1S/C12H20N2O2/c1-15-11-5-4-10(8-12(11)16-2)9-14-7-3-6-13/h4-5,8,14H,3,6-7,9,13H2,1-2H3. The highest BCUT2D eigenvalue weighted by molar-refractivity contribution is 5.42. The van der Waals surface area contributed by atoms with E-state index < -0.39 is 0 Å². The van der Waals surface area contributed by atoms with Gasteiger partial charge >= 0.3 is 0 Å². The van der Waals surface area contributed by atoms with Crippen LogP contribution >= 0.6 is 0 Å². The van der Waals surface area contributed by atoms with Crippen molar-refractivity contribution < 1.29 is 9.47 Å². The molecule has 3 N–H and O–H groups in total. The zero-order chi connectivity index (χ0) is 11.8. The van der Waals surface area contributed by atoms with E-state index in [0.717, 1.165) is 37.6 Å². The SMILES string of the molecule is COc1ccc(CNCCCN)cc1OC. The maximum absolute atomic E-state index is 5.41. The minimum atomic E-state index is 0.721. The van der Waals surface area contributed by atoms with E-state index in [1.807, 2.05) is 18.2 Å². The highest BCUT2D eigenvalue weighted by Gasteiger charge is 2.03. The van der Waals surface area contributed by atoms with Crippen molar-refractivity contribution in [1.29, 1.82) is 0 Å². The molecule has 0 radical (unpaired) electrons. The fraction of sp³-hybridized carbons (Fsp3) is 0.500. The number of methoxy groups -OCH3 is 2. The van der Waals surface area contributed by atoms with Gasteiger partial charge in [0.2, 0.25) is 0 Å². The van der Waals surface area contributed by atoms with Crippen LogP contribution in [0.5, 0.6) is 11.5 Å². The third-order valence-electron chi connectivity index (χ3n) is 2.33. The number of benzene rings is 1. The van der Waals surface area contributed by atoms with Crippen LogP contribution in [-0.4, -0.2) is 27.3 Å². The Bertz CT molecular complexity index is 316. The fourth-order valence-electron chi connectivity index (χ4n) is 1.45. The summed E-state index contributed by atoms with van der Waals surface area (Å²) in [6.07, 6.45) is 0.993. The zero-order valence-electron chi connectivity index (χ0n) is 9.95. The second-order valence-corrected chi connectivity index (χ2v) is 3.51. The van der Waals surface area contributed by atoms with Gasteiger partial charge in [0.05, 0.1) is 14.2 Å². The van der Waals surface area contributed by atoms with Crippen molar-refractivity contribution in [2.75, 3.05) is 27.3 Å². The van der Waals surface area contributed by atoms with Crippen LogP contribution in [0.3, 0.4) is 0 Å². The van der Waals surface area contributed by atoms with Crippen molar-refractivity contribution in [1.82, 2.24) is 5.32 Å². The lowest BCUT2D eigenvalue weighted by atomic mass is 10.2. The summed E-state index contributed by atoms with van der Waals surface area (Å²) in [4.78, 5) is 0. The van der Waals surface area contributed by atoms with Gasteiger partial charge in [0.25, 0.3) is 0 Å². The van der Waals surface area contributed by atoms with E-state index in [-0.39, 0.29) is 0 Å². The Hall–Kier alpha value is -1.26. The number of hydrogen-bond donors (Lipinski definition) is 2. The average molecular weight is 224 g/mol. The molecule has 0 atom stereocenters. The quantitative estimate of drug-likeness (QED) is 0.682. The average Bonchev–Trinajstić information content (AvgIpc) is 2.34. The van der Waals surface area contributed by atoms with E-state index in [1.54, 1.807) is 14.2 Å². The molecule has 0 aliphatic rings. The molecule has 0 aliphatic heterocycles. The fourth-order valence-corrected chi connectivity index (χ4v) is 1.45. The first-order chi connectivity index (χ1) is 7.81. The molecule has 0 saturated carbocycles. The number of hydrogen-bond acceptors (Lipinski definition) is 4. The lowest BCUT2D eigenvalue weighted by Gasteiger charge is -2.10. The van der Waals surface area contributed by atoms with Crippen LogP contribution in [0, 0.1) is 0 Å². The molecular weight excluding hydrogens is 204 g/mol. The van der Waals surface area contributed by atoms with Crippen molar-refractivity contribution in [2.24, 2.45) is 5.73 Å². The molecule has 4 nitrogen and oxygen atoms in total. The highest BCUT2D eigenvalue weighted by Crippen LogP contribution is 2.27. The summed E-state index contributed by atoms with van der Waals surface area (Å²) in [6.45, 7) is 2.48. The van der Waals surface area contributed by atoms with E-state index in [0.29, 0.717) is 0 Å². The first kappa shape index (κ1) is 12.8. The summed E-state index contributed by atoms with van der Waals surface area (Å²) in [5.41, 5.74) is 6.59. The van der Waals surface area contributed by atoms with E-state index in [9.17, 15) is 0 Å². The molecule has 4 heteroatoms. The molecule has 16 heavy (non-hydrogen) atoms. The van der Waals surface area contributed by atoms with Crippen LogP contribution in [0.25, 0.3) is 0 Å². The maximum atomic E-state index is 5.41. The van der Waals surface area contributed by atoms with Crippen LogP contribution in [0.15, 0.2) is 18.2 Å². The molecule has 1 aromatic carbocycles. The third-order valence-corrected chi connectivity index (χ3v) is 2.33. The van der Waals surface area contributed by atoms with E-state index in [1.165, 1.54) is 5.56 Å². The van der Waals surface area contributed by atoms with Crippen LogP contribution in [0.4, 0.5) is 0 Å². The van der Waals surface area contributed by atoms with Crippen molar-refractivity contribution >= 4 is 0 Å². The Morgan fingerprint density at radius 3 is 2.56 bits per heavy atom. The minimum absolute atomic E-state index is 0.721. The van der Waals surface area contributed by atoms with E-state index in [4.69, 9.17) is 15.2 Å². The van der Waals surface area contributed by atoms with E-state index >= 15 is 0 Å². The summed E-state index contributed by atoms with van der Waals surface area (Å²) in [5, 5.41) is 3.32. The summed E-state index contributed by atoms with van der Waals surface area (Å²) >= 11 is 0. The smallest absolute Gasteiger partial charge is 0.161 e. The van der Waals surface area contributed by atoms with Crippen LogP contribution in [0.1, 0.15) is 12.0 Å². The molecule has 0 fully saturated rings. The van der Waals surface area contributed by atoms with Gasteiger partial charge in [-0.25, -0.2) is 0 Å². The van der Waals surface area contributed by atoms with E-state index in [2.05, 4.69) is 5.32 Å². The predicted octanol–water partition coefficient (Wildman–Crippen LogP) is 1.14. The van der Waals surface area contributed by atoms with Crippen LogP contribution < -0.4 is 20.5 Å². The number of nitrogens with one attached hydrogen (secondary N) is 1. The van der Waals surface area contributed by atoms with Crippen molar-refractivity contribution in [3.63, 3.8) is 0 Å². The molecule has 0 bridgehead atoms. The number of ether oxygens (including phenoxy) is 2. The van der Waals surface area contributed by atoms with Gasteiger partial charge in [-0.05, 0) is 37.2 Å².